The molecule has 1 rings (SSSR count). The second-order valence-corrected chi connectivity index (χ2v) is 3.33. The first-order valence-corrected chi connectivity index (χ1v) is 4.99. The van der Waals surface area contributed by atoms with Crippen molar-refractivity contribution in [2.45, 2.75) is 13.8 Å². The van der Waals surface area contributed by atoms with Gasteiger partial charge in [-0.3, -0.25) is 0 Å². The molecule has 5 nitrogen and oxygen atoms in total. The van der Waals surface area contributed by atoms with Gasteiger partial charge in [0.2, 0.25) is 0 Å². The Bertz CT molecular complexity index is 404. The number of nitrogens with two attached hydrogens (primary N) is 1. The van der Waals surface area contributed by atoms with Crippen molar-refractivity contribution < 1.29 is 9.59 Å². The summed E-state index contributed by atoms with van der Waals surface area (Å²) in [6.07, 6.45) is 0. The minimum atomic E-state index is -0.756. The molecule has 0 saturated heterocycles. The van der Waals surface area contributed by atoms with Crippen molar-refractivity contribution >= 4 is 17.7 Å². The number of carbonyl (C=O) groups excluding carboxylic acids is 2. The molecular formula is C11H15N3O2. The number of aryl methyl sites for hydroxylation is 1. The highest BCUT2D eigenvalue weighted by atomic mass is 16.2. The van der Waals surface area contributed by atoms with E-state index in [1.807, 2.05) is 25.1 Å². The number of hydrogen-bond acceptors (Lipinski definition) is 2. The second kappa shape index (κ2) is 5.16. The minimum absolute atomic E-state index is 0.243. The zero-order valence-corrected chi connectivity index (χ0v) is 9.36. The van der Waals surface area contributed by atoms with Crippen LogP contribution in [0, 0.1) is 6.92 Å². The lowest BCUT2D eigenvalue weighted by Gasteiger charge is -2.17. The molecular weight excluding hydrogens is 206 g/mol. The second-order valence-electron chi connectivity index (χ2n) is 3.33. The topological polar surface area (TPSA) is 75.4 Å². The highest BCUT2D eigenvalue weighted by molar-refractivity contribution is 6.00. The average Bonchev–Trinajstić information content (AvgIpc) is 2.22. The molecule has 0 saturated carbocycles. The maximum atomic E-state index is 11.7. The zero-order chi connectivity index (χ0) is 12.1. The van der Waals surface area contributed by atoms with Crippen LogP contribution >= 0.6 is 0 Å². The molecule has 0 radical (unpaired) electrons. The molecule has 0 fully saturated rings. The number of primary amides is 1. The summed E-state index contributed by atoms with van der Waals surface area (Å²) in [6.45, 7) is 3.80. The van der Waals surface area contributed by atoms with E-state index in [4.69, 9.17) is 5.73 Å². The summed E-state index contributed by atoms with van der Waals surface area (Å²) in [5, 5.41) is 2.63. The largest absolute Gasteiger partial charge is 0.351 e. The lowest BCUT2D eigenvalue weighted by molar-refractivity contribution is 0.202. The number of nitrogens with zero attached hydrogens (tertiary/aromatic N) is 1. The predicted octanol–water partition coefficient (Wildman–Crippen LogP) is 1.93. The molecule has 1 aromatic carbocycles. The van der Waals surface area contributed by atoms with Gasteiger partial charge in [-0.1, -0.05) is 18.2 Å². The minimum Gasteiger partial charge on any atom is -0.351 e. The Balaban J connectivity index is 2.78. The zero-order valence-electron chi connectivity index (χ0n) is 9.36. The van der Waals surface area contributed by atoms with Gasteiger partial charge >= 0.3 is 12.1 Å². The van der Waals surface area contributed by atoms with Crippen molar-refractivity contribution in [1.82, 2.24) is 4.90 Å². The molecule has 0 aliphatic carbocycles. The van der Waals surface area contributed by atoms with E-state index in [0.717, 1.165) is 10.5 Å². The normalized spacial score (nSPS) is 9.62. The Hall–Kier alpha value is -2.04. The molecule has 5 heteroatoms. The van der Waals surface area contributed by atoms with Gasteiger partial charge in [0.05, 0.1) is 0 Å². The first-order chi connectivity index (χ1) is 7.56. The van der Waals surface area contributed by atoms with Crippen LogP contribution in [0.1, 0.15) is 12.5 Å². The van der Waals surface area contributed by atoms with Crippen LogP contribution in [0.15, 0.2) is 24.3 Å². The monoisotopic (exact) mass is 221 g/mol. The molecule has 0 heterocycles. The number of benzene rings is 1. The van der Waals surface area contributed by atoms with Crippen molar-refractivity contribution in [3.63, 3.8) is 0 Å². The molecule has 0 unspecified atom stereocenters. The number of hydrogen-bond donors (Lipinski definition) is 2. The van der Waals surface area contributed by atoms with Gasteiger partial charge in [-0.25, -0.2) is 14.5 Å². The molecule has 0 spiro atoms. The van der Waals surface area contributed by atoms with Crippen molar-refractivity contribution in [2.75, 3.05) is 11.9 Å². The highest BCUT2D eigenvalue weighted by Gasteiger charge is 2.16. The van der Waals surface area contributed by atoms with Crippen LogP contribution in [-0.2, 0) is 0 Å². The summed E-state index contributed by atoms with van der Waals surface area (Å²) >= 11 is 0. The third-order valence-corrected chi connectivity index (χ3v) is 2.21. The Kier molecular flexibility index (Phi) is 3.88. The number of amides is 4. The summed E-state index contributed by atoms with van der Waals surface area (Å²) in [5.41, 5.74) is 6.67. The molecule has 0 aliphatic rings. The van der Waals surface area contributed by atoms with E-state index in [1.165, 1.54) is 0 Å². The molecule has 0 aromatic heterocycles. The Morgan fingerprint density at radius 3 is 2.50 bits per heavy atom. The van der Waals surface area contributed by atoms with E-state index >= 15 is 0 Å². The van der Waals surface area contributed by atoms with Crippen LogP contribution in [0.4, 0.5) is 15.3 Å². The molecule has 0 atom stereocenters. The number of anilines is 1. The smallest absolute Gasteiger partial charge is 0.329 e. The first kappa shape index (κ1) is 12.0. The van der Waals surface area contributed by atoms with Crippen LogP contribution < -0.4 is 11.1 Å². The van der Waals surface area contributed by atoms with Crippen molar-refractivity contribution in [1.29, 1.82) is 0 Å². The number of urea groups is 2. The highest BCUT2D eigenvalue weighted by Crippen LogP contribution is 2.13. The van der Waals surface area contributed by atoms with Crippen molar-refractivity contribution in [2.24, 2.45) is 5.73 Å². The molecule has 4 amide bonds. The van der Waals surface area contributed by atoms with Crippen LogP contribution in [0.2, 0.25) is 0 Å². The van der Waals surface area contributed by atoms with Gasteiger partial charge in [-0.15, -0.1) is 0 Å². The first-order valence-electron chi connectivity index (χ1n) is 4.99. The lowest BCUT2D eigenvalue weighted by atomic mass is 10.2. The fourth-order valence-corrected chi connectivity index (χ4v) is 1.30. The average molecular weight is 221 g/mol. The van der Waals surface area contributed by atoms with E-state index in [1.54, 1.807) is 13.0 Å². The van der Waals surface area contributed by atoms with E-state index in [9.17, 15) is 9.59 Å². The molecule has 0 bridgehead atoms. The Morgan fingerprint density at radius 1 is 1.38 bits per heavy atom. The maximum absolute atomic E-state index is 11.7. The molecule has 0 aliphatic heterocycles. The van der Waals surface area contributed by atoms with Crippen molar-refractivity contribution in [3.8, 4) is 0 Å². The molecule has 86 valence electrons. The molecule has 3 N–H and O–H groups in total. The van der Waals surface area contributed by atoms with Crippen LogP contribution in [0.5, 0.6) is 0 Å². The van der Waals surface area contributed by atoms with Gasteiger partial charge in [0.1, 0.15) is 0 Å². The molecule has 1 aromatic rings. The van der Waals surface area contributed by atoms with Gasteiger partial charge in [-0.05, 0) is 25.5 Å². The number of imide groups is 1. The number of carbonyl (C=O) groups is 2. The third-order valence-electron chi connectivity index (χ3n) is 2.21. The predicted molar refractivity (Wildman–Crippen MR) is 62.2 cm³/mol. The maximum Gasteiger partial charge on any atom is 0.329 e. The van der Waals surface area contributed by atoms with E-state index in [2.05, 4.69) is 5.32 Å². The lowest BCUT2D eigenvalue weighted by Crippen LogP contribution is -2.43. The Labute approximate surface area is 94.2 Å². The van der Waals surface area contributed by atoms with Gasteiger partial charge in [0, 0.05) is 12.2 Å². The van der Waals surface area contributed by atoms with Crippen molar-refractivity contribution in [3.05, 3.63) is 29.8 Å². The quantitative estimate of drug-likeness (QED) is 0.800. The van der Waals surface area contributed by atoms with E-state index < -0.39 is 12.1 Å². The van der Waals surface area contributed by atoms with E-state index in [-0.39, 0.29) is 6.54 Å². The van der Waals surface area contributed by atoms with Gasteiger partial charge in [0.15, 0.2) is 0 Å². The molecule has 16 heavy (non-hydrogen) atoms. The summed E-state index contributed by atoms with van der Waals surface area (Å²) in [7, 11) is 0. The number of para-hydroxylation sites is 1. The van der Waals surface area contributed by atoms with E-state index in [0.29, 0.717) is 5.69 Å². The van der Waals surface area contributed by atoms with Crippen LogP contribution in [0.3, 0.4) is 0 Å². The number of nitrogens with one attached hydrogen (secondary N) is 1. The fraction of sp³-hybridized carbons (Fsp3) is 0.273. The van der Waals surface area contributed by atoms with Crippen LogP contribution in [-0.4, -0.2) is 23.5 Å². The third kappa shape index (κ3) is 2.73. The Morgan fingerprint density at radius 2 is 2.00 bits per heavy atom. The summed E-state index contributed by atoms with van der Waals surface area (Å²) in [5.74, 6) is 0. The van der Waals surface area contributed by atoms with Crippen LogP contribution in [0.25, 0.3) is 0 Å². The number of rotatable bonds is 2. The van der Waals surface area contributed by atoms with Gasteiger partial charge in [0.25, 0.3) is 0 Å². The standard InChI is InChI=1S/C11H15N3O2/c1-3-14(10(12)15)11(16)13-9-7-5-4-6-8(9)2/h4-7H,3H2,1-2H3,(H2,12,15)(H,13,16). The summed E-state index contributed by atoms with van der Waals surface area (Å²) in [4.78, 5) is 23.5. The fourth-order valence-electron chi connectivity index (χ4n) is 1.30. The summed E-state index contributed by atoms with van der Waals surface area (Å²) < 4.78 is 0. The SMILES string of the molecule is CCN(C(N)=O)C(=O)Nc1ccccc1C. The van der Waals surface area contributed by atoms with Gasteiger partial charge < -0.3 is 11.1 Å². The summed E-state index contributed by atoms with van der Waals surface area (Å²) in [6, 6.07) is 6.05. The van der Waals surface area contributed by atoms with Gasteiger partial charge in [-0.2, -0.15) is 0 Å².